The lowest BCUT2D eigenvalue weighted by atomic mass is 9.94. The molecule has 0 radical (unpaired) electrons. The molecule has 0 unspecified atom stereocenters. The van der Waals surface area contributed by atoms with Gasteiger partial charge in [0.1, 0.15) is 0 Å². The van der Waals surface area contributed by atoms with Crippen molar-refractivity contribution in [3.8, 4) is 0 Å². The van der Waals surface area contributed by atoms with Gasteiger partial charge in [0.25, 0.3) is 0 Å². The molecule has 0 fully saturated rings. The van der Waals surface area contributed by atoms with E-state index in [1.165, 1.54) is 0 Å². The second-order valence-electron chi connectivity index (χ2n) is 8.83. The summed E-state index contributed by atoms with van der Waals surface area (Å²) in [4.78, 5) is 6.60. The summed E-state index contributed by atoms with van der Waals surface area (Å²) in [7, 11) is 4.09. The van der Waals surface area contributed by atoms with E-state index in [0.29, 0.717) is 0 Å². The number of allylic oxidation sites excluding steroid dienone is 9. The molecule has 0 saturated heterocycles. The number of hydrogen-bond donors (Lipinski definition) is 0. The van der Waals surface area contributed by atoms with E-state index in [1.807, 2.05) is 45.3 Å². The number of aliphatic imine (C=N–C) groups is 1. The monoisotopic (exact) mass is 524 g/mol. The van der Waals surface area contributed by atoms with Crippen LogP contribution in [0.25, 0.3) is 11.1 Å². The van der Waals surface area contributed by atoms with Crippen molar-refractivity contribution in [2.45, 2.75) is 6.92 Å². The molecule has 0 aromatic heterocycles. The lowest BCUT2D eigenvalue weighted by molar-refractivity contribution is 1.13. The molecule has 2 nitrogen and oxygen atoms in total. The molecule has 1 aliphatic rings. The van der Waals surface area contributed by atoms with Gasteiger partial charge in [0.05, 0.1) is 5.71 Å². The van der Waals surface area contributed by atoms with Crippen molar-refractivity contribution in [3.63, 3.8) is 0 Å². The minimum atomic E-state index is 0.718. The van der Waals surface area contributed by atoms with E-state index in [4.69, 9.17) is 23.2 Å². The van der Waals surface area contributed by atoms with E-state index in [-0.39, 0.29) is 0 Å². The van der Waals surface area contributed by atoms with Crippen molar-refractivity contribution in [3.05, 3.63) is 148 Å². The first-order valence-electron chi connectivity index (χ1n) is 12.3. The zero-order chi connectivity index (χ0) is 26.2. The number of halogens is 2. The molecule has 0 saturated carbocycles. The highest BCUT2D eigenvalue weighted by molar-refractivity contribution is 6.30. The SMILES string of the molecule is CCN=C1C=CC(=C(C=CC=C(c2ccc(Cl)cc2)c2ccc(N(C)C)cc2)c2ccc(Cl)cc2)C=C1. The van der Waals surface area contributed by atoms with Gasteiger partial charge < -0.3 is 4.90 Å². The number of hydrogen-bond acceptors (Lipinski definition) is 2. The zero-order valence-corrected chi connectivity index (χ0v) is 22.8. The first kappa shape index (κ1) is 26.5. The summed E-state index contributed by atoms with van der Waals surface area (Å²) >= 11 is 12.4. The van der Waals surface area contributed by atoms with E-state index >= 15 is 0 Å². The Kier molecular flexibility index (Phi) is 9.00. The number of anilines is 1. The second kappa shape index (κ2) is 12.6. The molecule has 0 spiro atoms. The van der Waals surface area contributed by atoms with Crippen LogP contribution in [0.1, 0.15) is 23.6 Å². The topological polar surface area (TPSA) is 15.6 Å². The molecule has 0 N–H and O–H groups in total. The van der Waals surface area contributed by atoms with Crippen LogP contribution in [0, 0.1) is 0 Å². The van der Waals surface area contributed by atoms with E-state index in [1.54, 1.807) is 0 Å². The normalized spacial score (nSPS) is 13.4. The van der Waals surface area contributed by atoms with Crippen LogP contribution < -0.4 is 4.90 Å². The molecule has 0 aliphatic heterocycles. The van der Waals surface area contributed by atoms with Gasteiger partial charge in [-0.15, -0.1) is 0 Å². The maximum atomic E-state index is 6.18. The summed E-state index contributed by atoms with van der Waals surface area (Å²) in [6.07, 6.45) is 14.8. The van der Waals surface area contributed by atoms with Crippen molar-refractivity contribution in [1.29, 1.82) is 0 Å². The fourth-order valence-electron chi connectivity index (χ4n) is 4.09. The molecule has 0 amide bonds. The average molecular weight is 526 g/mol. The van der Waals surface area contributed by atoms with Crippen molar-refractivity contribution in [2.24, 2.45) is 4.99 Å². The molecule has 4 rings (SSSR count). The van der Waals surface area contributed by atoms with Gasteiger partial charge >= 0.3 is 0 Å². The van der Waals surface area contributed by atoms with Crippen LogP contribution in [0.3, 0.4) is 0 Å². The molecule has 3 aromatic rings. The van der Waals surface area contributed by atoms with Gasteiger partial charge in [-0.05, 0) is 88.9 Å². The maximum absolute atomic E-state index is 6.18. The minimum absolute atomic E-state index is 0.718. The van der Waals surface area contributed by atoms with Crippen LogP contribution >= 0.6 is 23.2 Å². The quantitative estimate of drug-likeness (QED) is 0.281. The van der Waals surface area contributed by atoms with Crippen molar-refractivity contribution >= 4 is 45.7 Å². The Morgan fingerprint density at radius 3 is 1.76 bits per heavy atom. The molecule has 0 heterocycles. The third-order valence-electron chi connectivity index (χ3n) is 6.05. The predicted octanol–water partition coefficient (Wildman–Crippen LogP) is 9.09. The van der Waals surface area contributed by atoms with E-state index in [0.717, 1.165) is 61.4 Å². The Hall–Kier alpha value is -3.59. The third-order valence-corrected chi connectivity index (χ3v) is 6.55. The molecule has 37 heavy (non-hydrogen) atoms. The lowest BCUT2D eigenvalue weighted by Crippen LogP contribution is -2.08. The number of nitrogens with zero attached hydrogens (tertiary/aromatic N) is 2. The largest absolute Gasteiger partial charge is 0.378 e. The molecule has 3 aromatic carbocycles. The van der Waals surface area contributed by atoms with Crippen molar-refractivity contribution < 1.29 is 0 Å². The molecular weight excluding hydrogens is 495 g/mol. The van der Waals surface area contributed by atoms with Gasteiger partial charge in [-0.25, -0.2) is 0 Å². The van der Waals surface area contributed by atoms with Gasteiger partial charge in [-0.2, -0.15) is 0 Å². The molecule has 0 atom stereocenters. The van der Waals surface area contributed by atoms with Crippen molar-refractivity contribution in [2.75, 3.05) is 25.5 Å². The minimum Gasteiger partial charge on any atom is -0.378 e. The Bertz CT molecular complexity index is 1380. The average Bonchev–Trinajstić information content (AvgIpc) is 2.91. The summed E-state index contributed by atoms with van der Waals surface area (Å²) in [6, 6.07) is 24.5. The number of benzene rings is 3. The maximum Gasteiger partial charge on any atom is 0.0574 e. The summed E-state index contributed by atoms with van der Waals surface area (Å²) in [5.74, 6) is 0. The van der Waals surface area contributed by atoms with Crippen molar-refractivity contribution in [1.82, 2.24) is 0 Å². The predicted molar refractivity (Wildman–Crippen MR) is 163 cm³/mol. The first-order chi connectivity index (χ1) is 17.9. The molecule has 4 heteroatoms. The van der Waals surface area contributed by atoms with Crippen LogP contribution in [-0.2, 0) is 0 Å². The lowest BCUT2D eigenvalue weighted by Gasteiger charge is -2.14. The highest BCUT2D eigenvalue weighted by Crippen LogP contribution is 2.29. The van der Waals surface area contributed by atoms with Crippen LogP contribution in [0.5, 0.6) is 0 Å². The fourth-order valence-corrected chi connectivity index (χ4v) is 4.34. The van der Waals surface area contributed by atoms with Crippen LogP contribution in [0.4, 0.5) is 5.69 Å². The fraction of sp³-hybridized carbons (Fsp3) is 0.121. The summed E-state index contributed by atoms with van der Waals surface area (Å²) < 4.78 is 0. The molecular formula is C33H30Cl2N2. The zero-order valence-electron chi connectivity index (χ0n) is 21.3. The Labute approximate surface area is 230 Å². The molecule has 0 bridgehead atoms. The Morgan fingerprint density at radius 2 is 1.24 bits per heavy atom. The Balaban J connectivity index is 1.77. The smallest absolute Gasteiger partial charge is 0.0574 e. The van der Waals surface area contributed by atoms with Crippen LogP contribution in [-0.4, -0.2) is 26.4 Å². The van der Waals surface area contributed by atoms with E-state index < -0.39 is 0 Å². The van der Waals surface area contributed by atoms with Gasteiger partial charge in [0.2, 0.25) is 0 Å². The molecule has 1 aliphatic carbocycles. The summed E-state index contributed by atoms with van der Waals surface area (Å²) in [6.45, 7) is 2.81. The summed E-state index contributed by atoms with van der Waals surface area (Å²) in [5, 5.41) is 1.44. The number of rotatable bonds is 7. The Morgan fingerprint density at radius 1 is 0.730 bits per heavy atom. The highest BCUT2D eigenvalue weighted by Gasteiger charge is 2.08. The summed E-state index contributed by atoms with van der Waals surface area (Å²) in [5.41, 5.74) is 8.81. The van der Waals surface area contributed by atoms with Gasteiger partial charge in [-0.1, -0.05) is 90.0 Å². The standard InChI is InChI=1S/C33H30Cl2N2/c1-4-36-30-20-12-26(13-21-30)32(24-8-16-28(34)17-9-24)6-5-7-33(25-10-18-29(35)19-11-25)27-14-22-31(23-15-27)37(2)3/h5-23H,4H2,1-3H3. The van der Waals surface area contributed by atoms with Crippen LogP contribution in [0.15, 0.2) is 126 Å². The van der Waals surface area contributed by atoms with Crippen LogP contribution in [0.2, 0.25) is 10.0 Å². The van der Waals surface area contributed by atoms with Gasteiger partial charge in [-0.3, -0.25) is 4.99 Å². The highest BCUT2D eigenvalue weighted by atomic mass is 35.5. The second-order valence-corrected chi connectivity index (χ2v) is 9.70. The first-order valence-corrected chi connectivity index (χ1v) is 13.0. The van der Waals surface area contributed by atoms with Gasteiger partial charge in [0, 0.05) is 36.4 Å². The van der Waals surface area contributed by atoms with E-state index in [9.17, 15) is 0 Å². The van der Waals surface area contributed by atoms with E-state index in [2.05, 4.69) is 101 Å². The van der Waals surface area contributed by atoms with Gasteiger partial charge in [0.15, 0.2) is 0 Å². The third kappa shape index (κ3) is 7.01. The molecule has 186 valence electrons.